The quantitative estimate of drug-likeness (QED) is 0.0464. The molecule has 1 saturated heterocycles. The lowest BCUT2D eigenvalue weighted by Gasteiger charge is -2.30. The molecule has 16 nitrogen and oxygen atoms in total. The number of guanidine groups is 1. The number of nitrogens with zero attached hydrogens (tertiary/aromatic N) is 3. The van der Waals surface area contributed by atoms with Gasteiger partial charge in [-0.15, -0.1) is 13.2 Å². The minimum atomic E-state index is -1.28. The summed E-state index contributed by atoms with van der Waals surface area (Å²) in [4.78, 5) is 76.6. The average Bonchev–Trinajstić information content (AvgIpc) is 3.82. The number of rotatable bonds is 21. The Morgan fingerprint density at radius 3 is 2.07 bits per heavy atom. The Kier molecular flexibility index (Phi) is 16.8. The van der Waals surface area contributed by atoms with E-state index in [9.17, 15) is 34.2 Å². The highest BCUT2D eigenvalue weighted by molar-refractivity contribution is 5.96. The van der Waals surface area contributed by atoms with Crippen LogP contribution >= 0.6 is 0 Å². The maximum absolute atomic E-state index is 14.0. The second-order valence-electron chi connectivity index (χ2n) is 16.3. The molecule has 1 fully saturated rings. The van der Waals surface area contributed by atoms with Crippen molar-refractivity contribution in [1.29, 1.82) is 0 Å². The van der Waals surface area contributed by atoms with Gasteiger partial charge in [0.15, 0.2) is 5.96 Å². The van der Waals surface area contributed by atoms with E-state index in [1.807, 2.05) is 69.3 Å². The summed E-state index contributed by atoms with van der Waals surface area (Å²) in [7, 11) is 0. The van der Waals surface area contributed by atoms with Gasteiger partial charge in [-0.1, -0.05) is 81.5 Å². The average molecular weight is 828 g/mol. The van der Waals surface area contributed by atoms with Gasteiger partial charge in [-0.05, 0) is 79.0 Å². The van der Waals surface area contributed by atoms with E-state index in [1.165, 1.54) is 17.1 Å². The zero-order valence-corrected chi connectivity index (χ0v) is 34.7. The smallest absolute Gasteiger partial charge is 0.326 e. The Balaban J connectivity index is 1.49. The highest BCUT2D eigenvalue weighted by Crippen LogP contribution is 2.44. The number of hydrogen-bond acceptors (Lipinski definition) is 9. The van der Waals surface area contributed by atoms with Crippen LogP contribution in [0.4, 0.5) is 0 Å². The molecule has 0 aromatic heterocycles. The molecule has 324 valence electrons. The lowest BCUT2D eigenvalue weighted by atomic mass is 9.88. The van der Waals surface area contributed by atoms with Gasteiger partial charge in [0, 0.05) is 25.6 Å². The molecular formula is C44H59N8O8-. The maximum atomic E-state index is 14.0. The molecule has 0 radical (unpaired) electrons. The fourth-order valence-corrected chi connectivity index (χ4v) is 7.44. The summed E-state index contributed by atoms with van der Waals surface area (Å²) < 4.78 is 5.66. The first-order chi connectivity index (χ1) is 28.5. The van der Waals surface area contributed by atoms with Crippen LogP contribution in [0.5, 0.6) is 0 Å². The number of amides is 4. The molecule has 1 heterocycles. The van der Waals surface area contributed by atoms with Crippen LogP contribution in [-0.2, 0) is 28.7 Å². The summed E-state index contributed by atoms with van der Waals surface area (Å²) in [6.07, 6.45) is 3.68. The number of carboxylic acids is 1. The minimum absolute atomic E-state index is 0.0197. The van der Waals surface area contributed by atoms with E-state index in [4.69, 9.17) is 16.2 Å². The lowest BCUT2D eigenvalue weighted by Crippen LogP contribution is -2.58. The van der Waals surface area contributed by atoms with Gasteiger partial charge in [0.1, 0.15) is 36.3 Å². The Bertz CT molecular complexity index is 1890. The molecule has 0 saturated carbocycles. The van der Waals surface area contributed by atoms with Gasteiger partial charge >= 0.3 is 5.97 Å². The molecule has 4 amide bonds. The molecular weight excluding hydrogens is 769 g/mol. The third-order valence-electron chi connectivity index (χ3n) is 10.5. The van der Waals surface area contributed by atoms with Crippen LogP contribution in [0.25, 0.3) is 11.1 Å². The summed E-state index contributed by atoms with van der Waals surface area (Å²) in [5, 5.41) is 30.8. The number of aliphatic carboxylic acids is 1. The molecule has 2 aromatic rings. The predicted octanol–water partition coefficient (Wildman–Crippen LogP) is 2.46. The van der Waals surface area contributed by atoms with Crippen molar-refractivity contribution < 1.29 is 38.9 Å². The molecule has 2 aliphatic rings. The van der Waals surface area contributed by atoms with E-state index >= 15 is 0 Å². The van der Waals surface area contributed by atoms with Crippen LogP contribution in [-0.4, -0.2) is 102 Å². The number of benzene rings is 2. The molecule has 1 aliphatic heterocycles. The van der Waals surface area contributed by atoms with E-state index in [-0.39, 0.29) is 69.1 Å². The molecule has 1 aliphatic carbocycles. The zero-order valence-electron chi connectivity index (χ0n) is 34.7. The fourth-order valence-electron chi connectivity index (χ4n) is 7.44. The third-order valence-corrected chi connectivity index (χ3v) is 10.5. The summed E-state index contributed by atoms with van der Waals surface area (Å²) in [6, 6.07) is 10.1. The van der Waals surface area contributed by atoms with Gasteiger partial charge in [-0.3, -0.25) is 29.2 Å². The number of ether oxygens (including phenoxy) is 1. The molecule has 8 N–H and O–H groups in total. The van der Waals surface area contributed by atoms with Crippen molar-refractivity contribution in [2.24, 2.45) is 26.9 Å². The van der Waals surface area contributed by atoms with E-state index in [0.29, 0.717) is 19.3 Å². The van der Waals surface area contributed by atoms with Crippen molar-refractivity contribution in [3.63, 3.8) is 0 Å². The van der Waals surface area contributed by atoms with Crippen LogP contribution in [0.15, 0.2) is 83.8 Å². The summed E-state index contributed by atoms with van der Waals surface area (Å²) in [5.74, 6) is -4.18. The van der Waals surface area contributed by atoms with Crippen LogP contribution in [0.2, 0.25) is 0 Å². The first kappa shape index (κ1) is 46.5. The highest BCUT2D eigenvalue weighted by Gasteiger charge is 2.39. The molecule has 16 heteroatoms. The number of nitrogens with two attached hydrogens (primary N) is 2. The normalized spacial score (nSPS) is 16.9. The standard InChI is InChI=1S/C44H60N8O8/c1-6-14-34(51-43(59)60-26-31-29-18-10-8-16-27(29)28-17-9-11-19-30(28)31)40(56)52-25-13-21-36(52)39(55)49-33(22-23-44(3,4)5)38(54)48-32(20-12-24-47-42(45)46)37(53)50-35(15-7-2)41(57)58/h6-11,16-19,31-36H,1-2,12-15,20-26H2,3-5H3,(H,48,54)(H,49,55)(H,50,53)(H,51,59)(H,57,58)(H4,45,46,47)/p-1/t32-,33-,34-,35-,36?/m0/s1. The van der Waals surface area contributed by atoms with Gasteiger partial charge in [0.05, 0.1) is 0 Å². The van der Waals surface area contributed by atoms with Crippen molar-refractivity contribution in [3.8, 4) is 11.1 Å². The summed E-state index contributed by atoms with van der Waals surface area (Å²) >= 11 is 0. The SMILES string of the molecule is C=CC[C@H](N=C([O-])OCC1c2ccccc2-c2ccccc21)C(=O)N1CCCC1C(=O)N[C@@H](CCC(C)(C)C)C(=O)N[C@@H](CCCN=C(N)N)C(=O)N[C@@H](CC=C)C(=O)O. The number of carbonyl (C=O) groups is 5. The van der Waals surface area contributed by atoms with Crippen LogP contribution < -0.4 is 32.5 Å². The van der Waals surface area contributed by atoms with Crippen molar-refractivity contribution in [3.05, 3.63) is 85.0 Å². The largest absolute Gasteiger partial charge is 0.599 e. The van der Waals surface area contributed by atoms with Crippen molar-refractivity contribution in [1.82, 2.24) is 20.9 Å². The Hall–Kier alpha value is -6.19. The summed E-state index contributed by atoms with van der Waals surface area (Å²) in [6.45, 7) is 13.6. The predicted molar refractivity (Wildman–Crippen MR) is 227 cm³/mol. The van der Waals surface area contributed by atoms with Gasteiger partial charge in [0.2, 0.25) is 23.6 Å². The van der Waals surface area contributed by atoms with Crippen molar-refractivity contribution in [2.45, 2.75) is 108 Å². The molecule has 0 spiro atoms. The Morgan fingerprint density at radius 2 is 1.50 bits per heavy atom. The molecule has 4 rings (SSSR count). The highest BCUT2D eigenvalue weighted by atomic mass is 16.6. The van der Waals surface area contributed by atoms with Crippen LogP contribution in [0.3, 0.4) is 0 Å². The summed E-state index contributed by atoms with van der Waals surface area (Å²) in [5.41, 5.74) is 14.8. The van der Waals surface area contributed by atoms with E-state index in [0.717, 1.165) is 22.3 Å². The first-order valence-electron chi connectivity index (χ1n) is 20.3. The zero-order chi connectivity index (χ0) is 44.0. The number of hydrogen-bond donors (Lipinski definition) is 6. The number of likely N-dealkylation sites (tertiary alicyclic amines) is 1. The van der Waals surface area contributed by atoms with Crippen LogP contribution in [0.1, 0.15) is 89.2 Å². The first-order valence-corrected chi connectivity index (χ1v) is 20.3. The van der Waals surface area contributed by atoms with Crippen molar-refractivity contribution in [2.75, 3.05) is 19.7 Å². The van der Waals surface area contributed by atoms with Gasteiger partial charge in [0.25, 0.3) is 0 Å². The van der Waals surface area contributed by atoms with Crippen molar-refractivity contribution >= 4 is 41.6 Å². The second kappa shape index (κ2) is 21.7. The van der Waals surface area contributed by atoms with E-state index < -0.39 is 65.9 Å². The van der Waals surface area contributed by atoms with Crippen LogP contribution in [0, 0.1) is 5.41 Å². The monoisotopic (exact) mass is 827 g/mol. The van der Waals surface area contributed by atoms with Gasteiger partial charge in [-0.2, -0.15) is 0 Å². The van der Waals surface area contributed by atoms with E-state index in [2.05, 4.69) is 39.1 Å². The van der Waals surface area contributed by atoms with Gasteiger partial charge in [-0.25, -0.2) is 4.79 Å². The molecule has 1 unspecified atom stereocenters. The lowest BCUT2D eigenvalue weighted by molar-refractivity contribution is -0.251. The Morgan fingerprint density at radius 1 is 0.917 bits per heavy atom. The number of nitrogens with one attached hydrogen (secondary N) is 3. The van der Waals surface area contributed by atoms with E-state index in [1.54, 1.807) is 0 Å². The Labute approximate surface area is 351 Å². The fraction of sp³-hybridized carbons (Fsp3) is 0.477. The number of carboxylic acid groups (broad SMARTS) is 1. The maximum Gasteiger partial charge on any atom is 0.326 e. The molecule has 5 atom stereocenters. The molecule has 0 bridgehead atoms. The minimum Gasteiger partial charge on any atom is -0.599 e. The second-order valence-corrected chi connectivity index (χ2v) is 16.3. The molecule has 2 aromatic carbocycles. The number of fused-ring (bicyclic) bond motifs is 3. The third kappa shape index (κ3) is 12.9. The number of carbonyl (C=O) groups excluding carboxylic acids is 4. The number of aliphatic imine (C=N–C) groups is 2. The molecule has 60 heavy (non-hydrogen) atoms. The van der Waals surface area contributed by atoms with Gasteiger partial charge < -0.3 is 47.3 Å². The topological polar surface area (TPSA) is 254 Å².